The van der Waals surface area contributed by atoms with Crippen molar-refractivity contribution in [3.63, 3.8) is 0 Å². The Labute approximate surface area is 117 Å². The van der Waals surface area contributed by atoms with Crippen LogP contribution in [0.15, 0.2) is 0 Å². The summed E-state index contributed by atoms with van der Waals surface area (Å²) in [5, 5.41) is 4.22. The van der Waals surface area contributed by atoms with Gasteiger partial charge in [0.1, 0.15) is 0 Å². The van der Waals surface area contributed by atoms with E-state index in [9.17, 15) is 0 Å². The summed E-state index contributed by atoms with van der Waals surface area (Å²) in [6.45, 7) is 16.7. The Morgan fingerprint density at radius 1 is 1.17 bits per heavy atom. The zero-order valence-electron chi connectivity index (χ0n) is 12.4. The minimum absolute atomic E-state index is 0.304. The van der Waals surface area contributed by atoms with E-state index in [2.05, 4.69) is 54.6 Å². The van der Waals surface area contributed by atoms with Crippen LogP contribution in [0.1, 0.15) is 27.7 Å². The van der Waals surface area contributed by atoms with Gasteiger partial charge in [-0.05, 0) is 20.8 Å². The quantitative estimate of drug-likeness (QED) is 0.838. The van der Waals surface area contributed by atoms with Crippen molar-refractivity contribution in [2.75, 3.05) is 45.0 Å². The summed E-state index contributed by atoms with van der Waals surface area (Å²) in [5.41, 5.74) is 0.304. The Bertz CT molecular complexity index is 264. The molecular formula is C14H29N3S. The van der Waals surface area contributed by atoms with E-state index in [-0.39, 0.29) is 0 Å². The van der Waals surface area contributed by atoms with Gasteiger partial charge in [-0.3, -0.25) is 9.80 Å². The van der Waals surface area contributed by atoms with Gasteiger partial charge in [0.25, 0.3) is 0 Å². The van der Waals surface area contributed by atoms with Crippen molar-refractivity contribution in [2.24, 2.45) is 0 Å². The van der Waals surface area contributed by atoms with E-state index in [4.69, 9.17) is 0 Å². The summed E-state index contributed by atoms with van der Waals surface area (Å²) >= 11 is 2.13. The van der Waals surface area contributed by atoms with Gasteiger partial charge in [-0.15, -0.1) is 0 Å². The molecule has 0 aromatic heterocycles. The number of nitrogens with one attached hydrogen (secondary N) is 1. The van der Waals surface area contributed by atoms with Crippen LogP contribution in [0.4, 0.5) is 0 Å². The van der Waals surface area contributed by atoms with Gasteiger partial charge < -0.3 is 5.32 Å². The largest absolute Gasteiger partial charge is 0.314 e. The van der Waals surface area contributed by atoms with E-state index in [0.717, 1.165) is 18.3 Å². The zero-order chi connectivity index (χ0) is 13.2. The van der Waals surface area contributed by atoms with Gasteiger partial charge >= 0.3 is 0 Å². The third-order valence-electron chi connectivity index (χ3n) is 4.58. The second-order valence-electron chi connectivity index (χ2n) is 6.34. The molecular weight excluding hydrogens is 242 g/mol. The molecule has 2 aliphatic rings. The third-order valence-corrected chi connectivity index (χ3v) is 5.92. The average Bonchev–Trinajstić information content (AvgIpc) is 2.36. The number of hydrogen-bond acceptors (Lipinski definition) is 4. The van der Waals surface area contributed by atoms with Gasteiger partial charge in [-0.25, -0.2) is 0 Å². The van der Waals surface area contributed by atoms with Crippen molar-refractivity contribution in [3.05, 3.63) is 0 Å². The Hall–Kier alpha value is 0.230. The molecule has 2 unspecified atom stereocenters. The molecule has 0 amide bonds. The van der Waals surface area contributed by atoms with E-state index < -0.39 is 0 Å². The van der Waals surface area contributed by atoms with Crippen molar-refractivity contribution >= 4 is 11.8 Å². The van der Waals surface area contributed by atoms with Crippen LogP contribution in [0, 0.1) is 0 Å². The first-order chi connectivity index (χ1) is 8.50. The fraction of sp³-hybridized carbons (Fsp3) is 1.00. The van der Waals surface area contributed by atoms with Crippen LogP contribution >= 0.6 is 11.8 Å². The standard InChI is InChI=1S/C14H29N3S/c1-12-13(2)18-10-9-16(12)11-14(3,4)17-7-5-15-6-8-17/h12-13,15H,5-11H2,1-4H3. The minimum atomic E-state index is 0.304. The molecule has 0 aliphatic carbocycles. The molecule has 2 saturated heterocycles. The predicted octanol–water partition coefficient (Wildman–Crippen LogP) is 1.50. The Balaban J connectivity index is 1.93. The second kappa shape index (κ2) is 6.12. The Morgan fingerprint density at radius 2 is 1.83 bits per heavy atom. The third kappa shape index (κ3) is 3.41. The van der Waals surface area contributed by atoms with E-state index in [0.29, 0.717) is 11.6 Å². The highest BCUT2D eigenvalue weighted by Gasteiger charge is 2.34. The first kappa shape index (κ1) is 14.6. The monoisotopic (exact) mass is 271 g/mol. The van der Waals surface area contributed by atoms with Crippen molar-refractivity contribution in [1.29, 1.82) is 0 Å². The second-order valence-corrected chi connectivity index (χ2v) is 7.82. The lowest BCUT2D eigenvalue weighted by Crippen LogP contribution is -2.60. The lowest BCUT2D eigenvalue weighted by atomic mass is 9.99. The maximum Gasteiger partial charge on any atom is 0.0281 e. The number of hydrogen-bond donors (Lipinski definition) is 1. The predicted molar refractivity (Wildman–Crippen MR) is 81.5 cm³/mol. The first-order valence-electron chi connectivity index (χ1n) is 7.32. The molecule has 18 heavy (non-hydrogen) atoms. The summed E-state index contributed by atoms with van der Waals surface area (Å²) in [7, 11) is 0. The number of piperazine rings is 1. The Kier molecular flexibility index (Phi) is 4.98. The summed E-state index contributed by atoms with van der Waals surface area (Å²) in [4.78, 5) is 5.35. The Morgan fingerprint density at radius 3 is 2.50 bits per heavy atom. The fourth-order valence-corrected chi connectivity index (χ4v) is 4.25. The summed E-state index contributed by atoms with van der Waals surface area (Å²) in [5.74, 6) is 1.29. The molecule has 0 radical (unpaired) electrons. The molecule has 2 atom stereocenters. The van der Waals surface area contributed by atoms with Crippen LogP contribution < -0.4 is 5.32 Å². The summed E-state index contributed by atoms with van der Waals surface area (Å²) in [6, 6.07) is 0.714. The highest BCUT2D eigenvalue weighted by Crippen LogP contribution is 2.27. The van der Waals surface area contributed by atoms with E-state index in [1.54, 1.807) is 0 Å². The lowest BCUT2D eigenvalue weighted by Gasteiger charge is -2.47. The van der Waals surface area contributed by atoms with E-state index >= 15 is 0 Å². The van der Waals surface area contributed by atoms with Gasteiger partial charge in [-0.2, -0.15) is 11.8 Å². The number of thioether (sulfide) groups is 1. The average molecular weight is 271 g/mol. The molecule has 3 nitrogen and oxygen atoms in total. The molecule has 2 rings (SSSR count). The van der Waals surface area contributed by atoms with Gasteiger partial charge in [0.2, 0.25) is 0 Å². The van der Waals surface area contributed by atoms with Gasteiger partial charge in [0.05, 0.1) is 0 Å². The molecule has 0 aromatic carbocycles. The molecule has 2 fully saturated rings. The highest BCUT2D eigenvalue weighted by molar-refractivity contribution is 8.00. The highest BCUT2D eigenvalue weighted by atomic mass is 32.2. The van der Waals surface area contributed by atoms with Crippen LogP contribution in [0.5, 0.6) is 0 Å². The maximum absolute atomic E-state index is 3.45. The van der Waals surface area contributed by atoms with Crippen molar-refractivity contribution in [3.8, 4) is 0 Å². The van der Waals surface area contributed by atoms with Crippen molar-refractivity contribution in [2.45, 2.75) is 44.5 Å². The van der Waals surface area contributed by atoms with Gasteiger partial charge in [-0.1, -0.05) is 6.92 Å². The van der Waals surface area contributed by atoms with Crippen molar-refractivity contribution < 1.29 is 0 Å². The molecule has 0 bridgehead atoms. The van der Waals surface area contributed by atoms with Gasteiger partial charge in [0, 0.05) is 61.9 Å². The van der Waals surface area contributed by atoms with E-state index in [1.807, 2.05) is 0 Å². The van der Waals surface area contributed by atoms with Crippen LogP contribution in [-0.4, -0.2) is 71.7 Å². The zero-order valence-corrected chi connectivity index (χ0v) is 13.2. The molecule has 1 N–H and O–H groups in total. The van der Waals surface area contributed by atoms with Crippen LogP contribution in [0.25, 0.3) is 0 Å². The van der Waals surface area contributed by atoms with E-state index in [1.165, 1.54) is 31.9 Å². The SMILES string of the molecule is CC1SCCN(CC(C)(C)N2CCNCC2)C1C. The van der Waals surface area contributed by atoms with Crippen LogP contribution in [0.2, 0.25) is 0 Å². The summed E-state index contributed by atoms with van der Waals surface area (Å²) < 4.78 is 0. The van der Waals surface area contributed by atoms with Crippen LogP contribution in [0.3, 0.4) is 0 Å². The molecule has 2 heterocycles. The molecule has 106 valence electrons. The molecule has 0 aromatic rings. The van der Waals surface area contributed by atoms with Crippen molar-refractivity contribution in [1.82, 2.24) is 15.1 Å². The molecule has 2 aliphatic heterocycles. The topological polar surface area (TPSA) is 18.5 Å². The molecule has 0 spiro atoms. The van der Waals surface area contributed by atoms with Crippen LogP contribution in [-0.2, 0) is 0 Å². The fourth-order valence-electron chi connectivity index (χ4n) is 3.09. The number of rotatable bonds is 3. The normalized spacial score (nSPS) is 32.7. The molecule has 0 saturated carbocycles. The minimum Gasteiger partial charge on any atom is -0.314 e. The lowest BCUT2D eigenvalue weighted by molar-refractivity contribution is 0.0508. The van der Waals surface area contributed by atoms with Gasteiger partial charge in [0.15, 0.2) is 0 Å². The number of nitrogens with zero attached hydrogens (tertiary/aromatic N) is 2. The summed E-state index contributed by atoms with van der Waals surface area (Å²) in [6.07, 6.45) is 0. The smallest absolute Gasteiger partial charge is 0.0281 e. The maximum atomic E-state index is 3.45. The molecule has 4 heteroatoms. The first-order valence-corrected chi connectivity index (χ1v) is 8.37.